The van der Waals surface area contributed by atoms with Crippen molar-refractivity contribution in [2.45, 2.75) is 71.6 Å². The van der Waals surface area contributed by atoms with Crippen LogP contribution in [0.3, 0.4) is 0 Å². The molecule has 1 fully saturated rings. The Balaban J connectivity index is 0.000000239. The Labute approximate surface area is 230 Å². The topological polar surface area (TPSA) is 73.4 Å². The van der Waals surface area contributed by atoms with Crippen LogP contribution in [0.25, 0.3) is 5.69 Å². The lowest BCUT2D eigenvalue weighted by Gasteiger charge is -2.19. The molecule has 1 aliphatic heterocycles. The van der Waals surface area contributed by atoms with E-state index in [2.05, 4.69) is 104 Å². The third kappa shape index (κ3) is 10.1. The molecule has 38 heavy (non-hydrogen) atoms. The molecule has 3 aromatic rings. The Bertz CT molecular complexity index is 1060. The van der Waals surface area contributed by atoms with Crippen molar-refractivity contribution in [3.63, 3.8) is 0 Å². The number of benzene rings is 2. The first-order valence-corrected chi connectivity index (χ1v) is 13.9. The minimum Gasteiger partial charge on any atom is -0.383 e. The van der Waals surface area contributed by atoms with Gasteiger partial charge in [0.15, 0.2) is 0 Å². The van der Waals surface area contributed by atoms with Gasteiger partial charge in [-0.2, -0.15) is 5.10 Å². The number of aryl methyl sites for hydroxylation is 1. The number of nitrogens with zero attached hydrogens (tertiary/aromatic N) is 3. The Kier molecular flexibility index (Phi) is 13.2. The van der Waals surface area contributed by atoms with Crippen LogP contribution in [0.4, 0.5) is 0 Å². The van der Waals surface area contributed by atoms with E-state index in [1.807, 2.05) is 6.07 Å². The maximum absolute atomic E-state index is 9.22. The van der Waals surface area contributed by atoms with E-state index in [9.17, 15) is 4.79 Å². The van der Waals surface area contributed by atoms with Crippen LogP contribution in [0.5, 0.6) is 0 Å². The summed E-state index contributed by atoms with van der Waals surface area (Å²) in [7, 11) is 1.77. The normalized spacial score (nSPS) is 15.3. The minimum absolute atomic E-state index is 0.141. The van der Waals surface area contributed by atoms with E-state index < -0.39 is 0 Å². The molecule has 2 aromatic carbocycles. The molecule has 6 nitrogen and oxygen atoms in total. The molecule has 4 rings (SSSR count). The maximum atomic E-state index is 9.22. The fourth-order valence-corrected chi connectivity index (χ4v) is 4.41. The van der Waals surface area contributed by atoms with Crippen molar-refractivity contribution in [3.8, 4) is 5.69 Å². The van der Waals surface area contributed by atoms with Crippen LogP contribution in [-0.4, -0.2) is 53.9 Å². The number of carbonyl (C=O) groups excluding carboxylic acids is 1. The third-order valence-corrected chi connectivity index (χ3v) is 7.02. The number of nitrogens with two attached hydrogens (primary N) is 1. The highest BCUT2D eigenvalue weighted by Crippen LogP contribution is 2.28. The molecule has 1 aliphatic rings. The quantitative estimate of drug-likeness (QED) is 0.369. The van der Waals surface area contributed by atoms with Gasteiger partial charge < -0.3 is 15.4 Å². The fourth-order valence-electron chi connectivity index (χ4n) is 4.41. The smallest absolute Gasteiger partial charge is 0.214 e. The van der Waals surface area contributed by atoms with Crippen molar-refractivity contribution in [2.24, 2.45) is 5.73 Å². The molecule has 1 saturated heterocycles. The van der Waals surface area contributed by atoms with E-state index in [-0.39, 0.29) is 11.3 Å². The van der Waals surface area contributed by atoms with Crippen LogP contribution < -0.4 is 5.73 Å². The van der Waals surface area contributed by atoms with Crippen molar-refractivity contribution in [1.29, 1.82) is 0 Å². The summed E-state index contributed by atoms with van der Waals surface area (Å²) in [4.78, 5) is 11.7. The lowest BCUT2D eigenvalue weighted by atomic mass is 9.86. The summed E-state index contributed by atoms with van der Waals surface area (Å²) in [6.45, 7) is 14.6. The number of likely N-dealkylation sites (tertiary alicyclic amines) is 1. The first-order valence-electron chi connectivity index (χ1n) is 13.9. The summed E-state index contributed by atoms with van der Waals surface area (Å²) >= 11 is 0. The molecule has 1 aromatic heterocycles. The highest BCUT2D eigenvalue weighted by atomic mass is 16.5. The SMILES string of the molecule is CC(N)=O.CCCc1cc(C(C)(C)CC)nn1-c1ccccc1.COCCN1CCC(c2ccccc2)C1. The zero-order valence-electron chi connectivity index (χ0n) is 24.3. The highest BCUT2D eigenvalue weighted by molar-refractivity contribution is 5.70. The Hall–Kier alpha value is -2.96. The molecule has 0 aliphatic carbocycles. The summed E-state index contributed by atoms with van der Waals surface area (Å²) in [6, 6.07) is 23.5. The Morgan fingerprint density at radius 2 is 1.68 bits per heavy atom. The van der Waals surface area contributed by atoms with E-state index in [4.69, 9.17) is 9.84 Å². The monoisotopic (exact) mass is 520 g/mol. The lowest BCUT2D eigenvalue weighted by Crippen LogP contribution is -2.24. The van der Waals surface area contributed by atoms with Crippen molar-refractivity contribution in [2.75, 3.05) is 33.4 Å². The number of hydrogen-bond donors (Lipinski definition) is 1. The molecule has 0 saturated carbocycles. The molecular weight excluding hydrogens is 472 g/mol. The third-order valence-electron chi connectivity index (χ3n) is 7.02. The maximum Gasteiger partial charge on any atom is 0.214 e. The van der Waals surface area contributed by atoms with E-state index in [0.717, 1.165) is 44.0 Å². The minimum atomic E-state index is -0.333. The van der Waals surface area contributed by atoms with Gasteiger partial charge in [-0.15, -0.1) is 0 Å². The Morgan fingerprint density at radius 1 is 1.08 bits per heavy atom. The second-order valence-corrected chi connectivity index (χ2v) is 10.6. The second kappa shape index (κ2) is 16.1. The number of methoxy groups -OCH3 is 1. The van der Waals surface area contributed by atoms with Crippen molar-refractivity contribution in [3.05, 3.63) is 83.7 Å². The number of amides is 1. The molecule has 0 radical (unpaired) electrons. The zero-order valence-corrected chi connectivity index (χ0v) is 24.3. The number of para-hydroxylation sites is 1. The van der Waals surface area contributed by atoms with Crippen LogP contribution in [0.2, 0.25) is 0 Å². The van der Waals surface area contributed by atoms with Gasteiger partial charge >= 0.3 is 0 Å². The van der Waals surface area contributed by atoms with Gasteiger partial charge in [0, 0.05) is 38.2 Å². The molecule has 1 unspecified atom stereocenters. The molecule has 2 heterocycles. The van der Waals surface area contributed by atoms with Crippen LogP contribution in [-0.2, 0) is 21.4 Å². The predicted molar refractivity (Wildman–Crippen MR) is 158 cm³/mol. The van der Waals surface area contributed by atoms with Crippen LogP contribution in [0.1, 0.15) is 76.8 Å². The number of rotatable bonds is 9. The van der Waals surface area contributed by atoms with Gasteiger partial charge in [0.1, 0.15) is 0 Å². The number of aromatic nitrogens is 2. The van der Waals surface area contributed by atoms with E-state index in [1.165, 1.54) is 43.4 Å². The van der Waals surface area contributed by atoms with E-state index >= 15 is 0 Å². The van der Waals surface area contributed by atoms with Crippen molar-refractivity contribution >= 4 is 5.91 Å². The largest absolute Gasteiger partial charge is 0.383 e. The molecular formula is C32H48N4O2. The molecule has 208 valence electrons. The van der Waals surface area contributed by atoms with Gasteiger partial charge in [0.2, 0.25) is 5.91 Å². The molecule has 6 heteroatoms. The fraction of sp³-hybridized carbons (Fsp3) is 0.500. The van der Waals surface area contributed by atoms with Crippen molar-refractivity contribution < 1.29 is 9.53 Å². The summed E-state index contributed by atoms with van der Waals surface area (Å²) in [5.41, 5.74) is 9.76. The van der Waals surface area contributed by atoms with Crippen LogP contribution in [0, 0.1) is 0 Å². The summed E-state index contributed by atoms with van der Waals surface area (Å²) in [5, 5.41) is 4.86. The van der Waals surface area contributed by atoms with Crippen LogP contribution in [0.15, 0.2) is 66.7 Å². The molecule has 0 bridgehead atoms. The van der Waals surface area contributed by atoms with Gasteiger partial charge in [0.05, 0.1) is 18.0 Å². The zero-order chi connectivity index (χ0) is 28.0. The van der Waals surface area contributed by atoms with Gasteiger partial charge in [-0.1, -0.05) is 82.6 Å². The average molecular weight is 521 g/mol. The second-order valence-electron chi connectivity index (χ2n) is 10.6. The lowest BCUT2D eigenvalue weighted by molar-refractivity contribution is -0.115. The molecule has 0 spiro atoms. The van der Waals surface area contributed by atoms with E-state index in [1.54, 1.807) is 7.11 Å². The van der Waals surface area contributed by atoms with Gasteiger partial charge in [-0.3, -0.25) is 4.79 Å². The van der Waals surface area contributed by atoms with Crippen molar-refractivity contribution in [1.82, 2.24) is 14.7 Å². The highest BCUT2D eigenvalue weighted by Gasteiger charge is 2.24. The first kappa shape index (κ1) is 31.3. The van der Waals surface area contributed by atoms with Gasteiger partial charge in [-0.25, -0.2) is 4.68 Å². The molecule has 1 amide bonds. The predicted octanol–water partition coefficient (Wildman–Crippen LogP) is 6.13. The standard InChI is InChI=1S/C17H24N2.C13H19NO.C2H5NO/c1-5-10-15-13-16(17(3,4)6-2)18-19(15)14-11-8-7-9-12-14;1-15-10-9-14-8-7-13(11-14)12-5-3-2-4-6-12;1-2(3)4/h7-9,11-13H,5-6,10H2,1-4H3;2-6,13H,7-11H2,1H3;1H3,(H2,3,4). The van der Waals surface area contributed by atoms with Gasteiger partial charge in [-0.05, 0) is 55.5 Å². The van der Waals surface area contributed by atoms with Crippen LogP contribution >= 0.6 is 0 Å². The number of primary amides is 1. The molecule has 2 N–H and O–H groups in total. The summed E-state index contributed by atoms with van der Waals surface area (Å²) in [6.07, 6.45) is 4.60. The summed E-state index contributed by atoms with van der Waals surface area (Å²) < 4.78 is 7.21. The number of ether oxygens (including phenoxy) is 1. The molecule has 1 atom stereocenters. The number of carbonyl (C=O) groups is 1. The summed E-state index contributed by atoms with van der Waals surface area (Å²) in [5.74, 6) is 0.392. The van der Waals surface area contributed by atoms with Gasteiger partial charge in [0.25, 0.3) is 0 Å². The Morgan fingerprint density at radius 3 is 2.24 bits per heavy atom. The average Bonchev–Trinajstić information content (AvgIpc) is 3.57. The van der Waals surface area contributed by atoms with E-state index in [0.29, 0.717) is 0 Å². The number of hydrogen-bond acceptors (Lipinski definition) is 4. The first-order chi connectivity index (χ1) is 18.2.